The number of benzene rings is 2. The molecule has 26 heavy (non-hydrogen) atoms. The molecule has 0 saturated heterocycles. The van der Waals surface area contributed by atoms with E-state index in [1.165, 1.54) is 14.2 Å². The van der Waals surface area contributed by atoms with Crippen molar-refractivity contribution in [1.29, 1.82) is 0 Å². The van der Waals surface area contributed by atoms with Gasteiger partial charge < -0.3 is 20.1 Å². The van der Waals surface area contributed by atoms with Gasteiger partial charge in [0.1, 0.15) is 22.9 Å². The molecule has 132 valence electrons. The molecule has 0 fully saturated rings. The molecule has 2 N–H and O–H groups in total. The van der Waals surface area contributed by atoms with Crippen LogP contribution in [0.3, 0.4) is 0 Å². The van der Waals surface area contributed by atoms with Gasteiger partial charge in [-0.25, -0.2) is 4.98 Å². The van der Waals surface area contributed by atoms with Crippen LogP contribution in [-0.4, -0.2) is 25.1 Å². The number of para-hydroxylation sites is 1. The lowest BCUT2D eigenvalue weighted by atomic mass is 10.1. The Morgan fingerprint density at radius 1 is 0.846 bits per heavy atom. The second-order valence-corrected chi connectivity index (χ2v) is 5.41. The van der Waals surface area contributed by atoms with E-state index in [0.717, 1.165) is 5.69 Å². The lowest BCUT2D eigenvalue weighted by Crippen LogP contribution is -2.14. The first-order valence-corrected chi connectivity index (χ1v) is 8.01. The summed E-state index contributed by atoms with van der Waals surface area (Å²) in [6, 6.07) is 18.5. The molecule has 0 bridgehead atoms. The van der Waals surface area contributed by atoms with Crippen molar-refractivity contribution in [2.24, 2.45) is 0 Å². The molecule has 6 heteroatoms. The normalized spacial score (nSPS) is 10.1. The average molecular weight is 349 g/mol. The molecule has 1 amide bonds. The predicted molar refractivity (Wildman–Crippen MR) is 101 cm³/mol. The van der Waals surface area contributed by atoms with Gasteiger partial charge in [0, 0.05) is 5.69 Å². The Morgan fingerprint density at radius 2 is 1.54 bits per heavy atom. The number of carbonyl (C=O) groups excluding carboxylic acids is 1. The molecule has 0 atom stereocenters. The Morgan fingerprint density at radius 3 is 2.12 bits per heavy atom. The second kappa shape index (κ2) is 8.02. The zero-order chi connectivity index (χ0) is 18.4. The van der Waals surface area contributed by atoms with E-state index in [4.69, 9.17) is 9.47 Å². The first-order chi connectivity index (χ1) is 12.7. The van der Waals surface area contributed by atoms with Crippen LogP contribution in [0.4, 0.5) is 17.2 Å². The third-order valence-corrected chi connectivity index (χ3v) is 3.72. The summed E-state index contributed by atoms with van der Waals surface area (Å²) in [4.78, 5) is 17.0. The van der Waals surface area contributed by atoms with E-state index in [2.05, 4.69) is 15.6 Å². The molecule has 1 heterocycles. The highest BCUT2D eigenvalue weighted by molar-refractivity contribution is 6.08. The molecular formula is C20H19N3O3. The van der Waals surface area contributed by atoms with Gasteiger partial charge in [-0.05, 0) is 36.4 Å². The number of nitrogens with one attached hydrogen (secondary N) is 2. The fourth-order valence-electron chi connectivity index (χ4n) is 2.48. The number of amides is 1. The third kappa shape index (κ3) is 3.92. The van der Waals surface area contributed by atoms with E-state index < -0.39 is 0 Å². The number of carbonyl (C=O) groups is 1. The predicted octanol–water partition coefficient (Wildman–Crippen LogP) is 4.09. The molecular weight excluding hydrogens is 330 g/mol. The molecule has 3 rings (SSSR count). The minimum Gasteiger partial charge on any atom is -0.496 e. The van der Waals surface area contributed by atoms with Gasteiger partial charge in [-0.1, -0.05) is 24.3 Å². The van der Waals surface area contributed by atoms with E-state index in [-0.39, 0.29) is 5.91 Å². The van der Waals surface area contributed by atoms with Crippen LogP contribution in [-0.2, 0) is 0 Å². The van der Waals surface area contributed by atoms with E-state index in [9.17, 15) is 4.79 Å². The van der Waals surface area contributed by atoms with Crippen LogP contribution >= 0.6 is 0 Å². The highest BCUT2D eigenvalue weighted by Crippen LogP contribution is 2.29. The van der Waals surface area contributed by atoms with Crippen molar-refractivity contribution in [1.82, 2.24) is 4.98 Å². The van der Waals surface area contributed by atoms with E-state index in [1.54, 1.807) is 36.5 Å². The summed E-state index contributed by atoms with van der Waals surface area (Å²) in [5.74, 6) is 1.24. The molecule has 0 spiro atoms. The third-order valence-electron chi connectivity index (χ3n) is 3.72. The minimum atomic E-state index is -0.329. The summed E-state index contributed by atoms with van der Waals surface area (Å²) < 4.78 is 10.5. The molecule has 0 radical (unpaired) electrons. The summed E-state index contributed by atoms with van der Waals surface area (Å²) in [6.07, 6.45) is 1.59. The molecule has 2 aromatic carbocycles. The Hall–Kier alpha value is -3.54. The van der Waals surface area contributed by atoms with Crippen LogP contribution in [0.15, 0.2) is 66.9 Å². The van der Waals surface area contributed by atoms with Crippen molar-refractivity contribution < 1.29 is 14.3 Å². The summed E-state index contributed by atoms with van der Waals surface area (Å²) in [6.45, 7) is 0. The number of pyridine rings is 1. The topological polar surface area (TPSA) is 72.5 Å². The summed E-state index contributed by atoms with van der Waals surface area (Å²) in [7, 11) is 3.02. The van der Waals surface area contributed by atoms with Crippen molar-refractivity contribution in [3.05, 3.63) is 72.4 Å². The van der Waals surface area contributed by atoms with Crippen LogP contribution < -0.4 is 20.1 Å². The van der Waals surface area contributed by atoms with Crippen LogP contribution in [0, 0.1) is 0 Å². The van der Waals surface area contributed by atoms with Gasteiger partial charge in [-0.3, -0.25) is 4.79 Å². The average Bonchev–Trinajstić information content (AvgIpc) is 2.69. The van der Waals surface area contributed by atoms with Crippen LogP contribution in [0.1, 0.15) is 10.4 Å². The van der Waals surface area contributed by atoms with Crippen molar-refractivity contribution in [3.8, 4) is 11.5 Å². The van der Waals surface area contributed by atoms with Gasteiger partial charge in [0.25, 0.3) is 5.91 Å². The number of aromatic nitrogens is 1. The lowest BCUT2D eigenvalue weighted by Gasteiger charge is -2.13. The van der Waals surface area contributed by atoms with Gasteiger partial charge in [0.15, 0.2) is 0 Å². The Labute approximate surface area is 151 Å². The Balaban J connectivity index is 1.74. The lowest BCUT2D eigenvalue weighted by molar-refractivity contribution is 0.102. The Bertz CT molecular complexity index is 858. The SMILES string of the molecule is COc1cccc(OC)c1C(=O)Nc1ccc(Nc2ccccc2)nc1. The molecule has 3 aromatic rings. The number of hydrogen-bond donors (Lipinski definition) is 2. The highest BCUT2D eigenvalue weighted by atomic mass is 16.5. The van der Waals surface area contributed by atoms with Gasteiger partial charge in [-0.2, -0.15) is 0 Å². The number of hydrogen-bond acceptors (Lipinski definition) is 5. The minimum absolute atomic E-state index is 0.329. The molecule has 1 aromatic heterocycles. The molecule has 0 saturated carbocycles. The summed E-state index contributed by atoms with van der Waals surface area (Å²) >= 11 is 0. The number of ether oxygens (including phenoxy) is 2. The standard InChI is InChI=1S/C20H19N3O3/c1-25-16-9-6-10-17(26-2)19(16)20(24)23-15-11-12-18(21-13-15)22-14-7-4-3-5-8-14/h3-13H,1-2H3,(H,21,22)(H,23,24). The van der Waals surface area contributed by atoms with Crippen LogP contribution in [0.2, 0.25) is 0 Å². The first kappa shape index (κ1) is 17.3. The smallest absolute Gasteiger partial charge is 0.263 e. The van der Waals surface area contributed by atoms with Crippen molar-refractivity contribution >= 4 is 23.1 Å². The number of anilines is 3. The van der Waals surface area contributed by atoms with Crippen molar-refractivity contribution in [3.63, 3.8) is 0 Å². The maximum Gasteiger partial charge on any atom is 0.263 e. The number of methoxy groups -OCH3 is 2. The fraction of sp³-hybridized carbons (Fsp3) is 0.100. The number of nitrogens with zero attached hydrogens (tertiary/aromatic N) is 1. The monoisotopic (exact) mass is 349 g/mol. The van der Waals surface area contributed by atoms with Gasteiger partial charge in [0.2, 0.25) is 0 Å². The largest absolute Gasteiger partial charge is 0.496 e. The highest BCUT2D eigenvalue weighted by Gasteiger charge is 2.18. The maximum atomic E-state index is 12.6. The molecule has 6 nitrogen and oxygen atoms in total. The van der Waals surface area contributed by atoms with Crippen molar-refractivity contribution in [2.75, 3.05) is 24.9 Å². The van der Waals surface area contributed by atoms with Gasteiger partial charge in [0.05, 0.1) is 26.1 Å². The maximum absolute atomic E-state index is 12.6. The van der Waals surface area contributed by atoms with Gasteiger partial charge >= 0.3 is 0 Å². The van der Waals surface area contributed by atoms with Crippen LogP contribution in [0.5, 0.6) is 11.5 Å². The zero-order valence-electron chi connectivity index (χ0n) is 14.5. The fourth-order valence-corrected chi connectivity index (χ4v) is 2.48. The molecule has 0 aliphatic heterocycles. The Kier molecular flexibility index (Phi) is 5.34. The summed E-state index contributed by atoms with van der Waals surface area (Å²) in [5, 5.41) is 6.00. The van der Waals surface area contributed by atoms with E-state index in [0.29, 0.717) is 28.6 Å². The van der Waals surface area contributed by atoms with E-state index >= 15 is 0 Å². The van der Waals surface area contributed by atoms with Crippen LogP contribution in [0.25, 0.3) is 0 Å². The molecule has 0 aliphatic carbocycles. The zero-order valence-corrected chi connectivity index (χ0v) is 14.5. The first-order valence-electron chi connectivity index (χ1n) is 8.01. The quantitative estimate of drug-likeness (QED) is 0.701. The van der Waals surface area contributed by atoms with E-state index in [1.807, 2.05) is 30.3 Å². The second-order valence-electron chi connectivity index (χ2n) is 5.41. The van der Waals surface area contributed by atoms with Gasteiger partial charge in [-0.15, -0.1) is 0 Å². The number of rotatable bonds is 6. The van der Waals surface area contributed by atoms with Crippen molar-refractivity contribution in [2.45, 2.75) is 0 Å². The molecule has 0 aliphatic rings. The molecule has 0 unspecified atom stereocenters. The summed E-state index contributed by atoms with van der Waals surface area (Å²) in [5.41, 5.74) is 1.85.